The molecule has 0 aromatic heterocycles. The lowest BCUT2D eigenvalue weighted by molar-refractivity contribution is 0.414. The summed E-state index contributed by atoms with van der Waals surface area (Å²) in [6.45, 7) is 3.17. The van der Waals surface area contributed by atoms with Crippen molar-refractivity contribution in [2.45, 2.75) is 25.8 Å². The molecule has 0 fully saturated rings. The summed E-state index contributed by atoms with van der Waals surface area (Å²) in [5.74, 6) is 1.84. The second-order valence-electron chi connectivity index (χ2n) is 5.51. The minimum atomic E-state index is 0.428. The van der Waals surface area contributed by atoms with Crippen molar-refractivity contribution in [1.29, 1.82) is 0 Å². The number of ether oxygens (including phenoxy) is 2. The molecule has 0 saturated carbocycles. The predicted octanol–water partition coefficient (Wildman–Crippen LogP) is 3.47. The molecule has 0 aliphatic rings. The predicted molar refractivity (Wildman–Crippen MR) is 90.9 cm³/mol. The highest BCUT2D eigenvalue weighted by Crippen LogP contribution is 2.14. The van der Waals surface area contributed by atoms with Gasteiger partial charge in [0.1, 0.15) is 11.5 Å². The van der Waals surface area contributed by atoms with Crippen LogP contribution < -0.4 is 14.8 Å². The molecular weight excluding hydrogens is 274 g/mol. The van der Waals surface area contributed by atoms with Crippen molar-refractivity contribution >= 4 is 0 Å². The van der Waals surface area contributed by atoms with E-state index in [9.17, 15) is 0 Å². The largest absolute Gasteiger partial charge is 0.497 e. The Kier molecular flexibility index (Phi) is 6.28. The Bertz CT molecular complexity index is 583. The van der Waals surface area contributed by atoms with E-state index in [0.717, 1.165) is 30.9 Å². The number of hydrogen-bond acceptors (Lipinski definition) is 3. The molecule has 1 unspecified atom stereocenters. The van der Waals surface area contributed by atoms with Crippen molar-refractivity contribution in [2.24, 2.45) is 0 Å². The molecule has 2 aromatic rings. The van der Waals surface area contributed by atoms with Gasteiger partial charge >= 0.3 is 0 Å². The average molecular weight is 299 g/mol. The van der Waals surface area contributed by atoms with Gasteiger partial charge in [0.2, 0.25) is 0 Å². The first kappa shape index (κ1) is 16.4. The van der Waals surface area contributed by atoms with E-state index in [4.69, 9.17) is 9.47 Å². The average Bonchev–Trinajstić information content (AvgIpc) is 2.55. The fourth-order valence-corrected chi connectivity index (χ4v) is 2.52. The Hall–Kier alpha value is -2.00. The van der Waals surface area contributed by atoms with Crippen LogP contribution in [0, 0.1) is 0 Å². The summed E-state index contributed by atoms with van der Waals surface area (Å²) in [6, 6.07) is 16.9. The molecule has 3 nitrogen and oxygen atoms in total. The second kappa shape index (κ2) is 8.44. The molecule has 0 bridgehead atoms. The van der Waals surface area contributed by atoms with Crippen LogP contribution in [0.4, 0.5) is 0 Å². The fraction of sp³-hybridized carbons (Fsp3) is 0.368. The second-order valence-corrected chi connectivity index (χ2v) is 5.51. The molecule has 0 amide bonds. The Morgan fingerprint density at radius 1 is 0.909 bits per heavy atom. The highest BCUT2D eigenvalue weighted by Gasteiger charge is 2.04. The van der Waals surface area contributed by atoms with Crippen molar-refractivity contribution in [1.82, 2.24) is 5.32 Å². The minimum Gasteiger partial charge on any atom is -0.497 e. The van der Waals surface area contributed by atoms with E-state index in [1.807, 2.05) is 24.3 Å². The van der Waals surface area contributed by atoms with Crippen LogP contribution in [-0.2, 0) is 12.8 Å². The third kappa shape index (κ3) is 5.08. The van der Waals surface area contributed by atoms with Crippen LogP contribution >= 0.6 is 0 Å². The maximum atomic E-state index is 5.26. The van der Waals surface area contributed by atoms with Crippen LogP contribution in [0.5, 0.6) is 11.5 Å². The maximum Gasteiger partial charge on any atom is 0.119 e. The Morgan fingerprint density at radius 3 is 2.14 bits per heavy atom. The van der Waals surface area contributed by atoms with Crippen molar-refractivity contribution in [2.75, 3.05) is 20.8 Å². The quantitative estimate of drug-likeness (QED) is 0.809. The van der Waals surface area contributed by atoms with E-state index in [2.05, 4.69) is 36.5 Å². The molecule has 0 radical (unpaired) electrons. The van der Waals surface area contributed by atoms with Crippen LogP contribution in [0.1, 0.15) is 18.1 Å². The molecule has 2 rings (SSSR count). The van der Waals surface area contributed by atoms with E-state index in [1.165, 1.54) is 11.1 Å². The van der Waals surface area contributed by atoms with Gasteiger partial charge in [-0.1, -0.05) is 24.3 Å². The molecule has 3 heteroatoms. The van der Waals surface area contributed by atoms with E-state index in [0.29, 0.717) is 6.04 Å². The summed E-state index contributed by atoms with van der Waals surface area (Å²) < 4.78 is 10.5. The third-order valence-corrected chi connectivity index (χ3v) is 3.72. The molecule has 1 atom stereocenters. The molecule has 2 aromatic carbocycles. The van der Waals surface area contributed by atoms with Gasteiger partial charge in [0, 0.05) is 6.04 Å². The van der Waals surface area contributed by atoms with E-state index >= 15 is 0 Å². The van der Waals surface area contributed by atoms with Gasteiger partial charge < -0.3 is 14.8 Å². The monoisotopic (exact) mass is 299 g/mol. The lowest BCUT2D eigenvalue weighted by atomic mass is 10.1. The van der Waals surface area contributed by atoms with Crippen LogP contribution in [0.2, 0.25) is 0 Å². The van der Waals surface area contributed by atoms with Gasteiger partial charge in [0.25, 0.3) is 0 Å². The highest BCUT2D eigenvalue weighted by molar-refractivity contribution is 5.29. The first-order valence-electron chi connectivity index (χ1n) is 7.70. The summed E-state index contributed by atoms with van der Waals surface area (Å²) in [5.41, 5.74) is 2.58. The first-order valence-corrected chi connectivity index (χ1v) is 7.70. The number of methoxy groups -OCH3 is 2. The zero-order valence-electron chi connectivity index (χ0n) is 13.6. The summed E-state index contributed by atoms with van der Waals surface area (Å²) >= 11 is 0. The zero-order valence-corrected chi connectivity index (χ0v) is 13.6. The molecular formula is C19H25NO2. The Morgan fingerprint density at radius 2 is 1.50 bits per heavy atom. The van der Waals surface area contributed by atoms with Crippen LogP contribution in [0.3, 0.4) is 0 Å². The van der Waals surface area contributed by atoms with Crippen molar-refractivity contribution in [3.63, 3.8) is 0 Å². The number of hydrogen-bond donors (Lipinski definition) is 1. The summed E-state index contributed by atoms with van der Waals surface area (Å²) in [4.78, 5) is 0. The van der Waals surface area contributed by atoms with Gasteiger partial charge in [0.05, 0.1) is 14.2 Å². The molecule has 0 spiro atoms. The normalized spacial score (nSPS) is 12.0. The third-order valence-electron chi connectivity index (χ3n) is 3.72. The lowest BCUT2D eigenvalue weighted by Gasteiger charge is -2.14. The van der Waals surface area contributed by atoms with E-state index < -0.39 is 0 Å². The lowest BCUT2D eigenvalue weighted by Crippen LogP contribution is -2.29. The van der Waals surface area contributed by atoms with Gasteiger partial charge in [-0.3, -0.25) is 0 Å². The van der Waals surface area contributed by atoms with E-state index in [-0.39, 0.29) is 0 Å². The number of benzene rings is 2. The van der Waals surface area contributed by atoms with Crippen LogP contribution in [-0.4, -0.2) is 26.8 Å². The molecule has 22 heavy (non-hydrogen) atoms. The van der Waals surface area contributed by atoms with Crippen molar-refractivity contribution < 1.29 is 9.47 Å². The molecule has 0 aliphatic heterocycles. The fourth-order valence-electron chi connectivity index (χ4n) is 2.52. The van der Waals surface area contributed by atoms with Crippen molar-refractivity contribution in [3.05, 3.63) is 59.7 Å². The highest BCUT2D eigenvalue weighted by atomic mass is 16.5. The zero-order chi connectivity index (χ0) is 15.8. The summed E-state index contributed by atoms with van der Waals surface area (Å²) in [7, 11) is 3.41. The van der Waals surface area contributed by atoms with Gasteiger partial charge in [-0.25, -0.2) is 0 Å². The Labute approximate surface area is 133 Å². The Balaban J connectivity index is 1.78. The number of rotatable bonds is 8. The molecule has 0 heterocycles. The van der Waals surface area contributed by atoms with Crippen LogP contribution in [0.25, 0.3) is 0 Å². The van der Waals surface area contributed by atoms with Gasteiger partial charge in [-0.05, 0) is 61.7 Å². The van der Waals surface area contributed by atoms with Gasteiger partial charge in [-0.15, -0.1) is 0 Å². The van der Waals surface area contributed by atoms with Crippen LogP contribution in [0.15, 0.2) is 48.5 Å². The first-order chi connectivity index (χ1) is 10.7. The summed E-state index contributed by atoms with van der Waals surface area (Å²) in [6.07, 6.45) is 2.00. The molecule has 118 valence electrons. The number of nitrogens with one attached hydrogen (secondary N) is 1. The van der Waals surface area contributed by atoms with E-state index in [1.54, 1.807) is 14.2 Å². The smallest absolute Gasteiger partial charge is 0.119 e. The maximum absolute atomic E-state index is 5.26. The van der Waals surface area contributed by atoms with Gasteiger partial charge in [0.15, 0.2) is 0 Å². The molecule has 0 saturated heterocycles. The standard InChI is InChI=1S/C19H25NO2/c1-15(12-17-7-5-9-19(14-17)22-3)20-11-10-16-6-4-8-18(13-16)21-2/h4-9,13-15,20H,10-12H2,1-3H3. The SMILES string of the molecule is COc1cccc(CCNC(C)Cc2cccc(OC)c2)c1. The topological polar surface area (TPSA) is 30.5 Å². The van der Waals surface area contributed by atoms with Crippen molar-refractivity contribution in [3.8, 4) is 11.5 Å². The van der Waals surface area contributed by atoms with Gasteiger partial charge in [-0.2, -0.15) is 0 Å². The molecule has 0 aliphatic carbocycles. The minimum absolute atomic E-state index is 0.428. The summed E-state index contributed by atoms with van der Waals surface area (Å²) in [5, 5.41) is 3.57. The molecule has 1 N–H and O–H groups in total.